The third-order valence-electron chi connectivity index (χ3n) is 7.24. The number of aryl methyl sites for hydroxylation is 1. The molecule has 11 heteroatoms. The van der Waals surface area contributed by atoms with Gasteiger partial charge in [-0.2, -0.15) is 0 Å². The standard InChI is InChI=1S/C34H32Cl2N4O4S/c1-22(27-19-23(16-17-28(27)35)9-8-18-44-31-14-7-11-24-10-3-4-12-26(24)31)39-33-30(20-25(21-38-33)34(41)37-2)40-45(42,43)32-15-6-5-13-29(32)36/h3-7,10-17,19-22,40H,8-9,18H2,1-2H3,(H,37,41)(H,38,39). The monoisotopic (exact) mass is 662 g/mol. The van der Waals surface area contributed by atoms with Crippen LogP contribution >= 0.6 is 23.2 Å². The number of carbonyl (C=O) groups excluding carboxylic acids is 1. The van der Waals surface area contributed by atoms with Crippen molar-refractivity contribution < 1.29 is 17.9 Å². The second-order valence-corrected chi connectivity index (χ2v) is 12.9. The highest BCUT2D eigenvalue weighted by Crippen LogP contribution is 2.32. The van der Waals surface area contributed by atoms with E-state index < -0.39 is 15.9 Å². The zero-order valence-electron chi connectivity index (χ0n) is 24.7. The molecule has 0 aliphatic rings. The lowest BCUT2D eigenvalue weighted by molar-refractivity contribution is 0.0962. The van der Waals surface area contributed by atoms with Crippen molar-refractivity contribution in [1.82, 2.24) is 10.3 Å². The first-order valence-corrected chi connectivity index (χ1v) is 16.5. The van der Waals surface area contributed by atoms with E-state index in [0.717, 1.165) is 40.5 Å². The van der Waals surface area contributed by atoms with Crippen molar-refractivity contribution in [3.63, 3.8) is 0 Å². The summed E-state index contributed by atoms with van der Waals surface area (Å²) in [6, 6.07) is 27.2. The molecule has 0 saturated heterocycles. The summed E-state index contributed by atoms with van der Waals surface area (Å²) >= 11 is 12.8. The van der Waals surface area contributed by atoms with Crippen molar-refractivity contribution in [2.45, 2.75) is 30.7 Å². The molecule has 0 bridgehead atoms. The highest BCUT2D eigenvalue weighted by atomic mass is 35.5. The molecule has 0 fully saturated rings. The molecule has 0 aliphatic heterocycles. The maximum Gasteiger partial charge on any atom is 0.263 e. The van der Waals surface area contributed by atoms with Gasteiger partial charge in [0.2, 0.25) is 0 Å². The molecule has 1 unspecified atom stereocenters. The SMILES string of the molecule is CNC(=O)c1cnc(NC(C)c2cc(CCCOc3cccc4ccccc34)ccc2Cl)c(NS(=O)(=O)c2ccccc2Cl)c1. The Kier molecular flexibility index (Phi) is 10.1. The van der Waals surface area contributed by atoms with E-state index >= 15 is 0 Å². The molecule has 8 nitrogen and oxygen atoms in total. The summed E-state index contributed by atoms with van der Waals surface area (Å²) in [6.45, 7) is 2.45. The van der Waals surface area contributed by atoms with Gasteiger partial charge < -0.3 is 15.4 Å². The largest absolute Gasteiger partial charge is 0.493 e. The summed E-state index contributed by atoms with van der Waals surface area (Å²) in [5, 5.41) is 8.62. The highest BCUT2D eigenvalue weighted by Gasteiger charge is 2.22. The Bertz CT molecular complexity index is 1950. The van der Waals surface area contributed by atoms with Crippen LogP contribution in [0.25, 0.3) is 10.8 Å². The number of nitrogens with zero attached hydrogens (tertiary/aromatic N) is 1. The first kappa shape index (κ1) is 32.1. The molecule has 4 aromatic carbocycles. The van der Waals surface area contributed by atoms with Gasteiger partial charge in [-0.3, -0.25) is 9.52 Å². The fourth-order valence-corrected chi connectivity index (χ4v) is 6.79. The number of nitrogens with one attached hydrogen (secondary N) is 3. The summed E-state index contributed by atoms with van der Waals surface area (Å²) in [5.74, 6) is 0.662. The Morgan fingerprint density at radius 1 is 0.933 bits per heavy atom. The molecule has 232 valence electrons. The van der Waals surface area contributed by atoms with E-state index in [0.29, 0.717) is 11.6 Å². The smallest absolute Gasteiger partial charge is 0.263 e. The molecule has 1 aromatic heterocycles. The third-order valence-corrected chi connectivity index (χ3v) is 9.45. The second kappa shape index (κ2) is 14.2. The van der Waals surface area contributed by atoms with Crippen LogP contribution in [0.1, 0.15) is 40.9 Å². The minimum absolute atomic E-state index is 0.0643. The number of benzene rings is 4. The summed E-state index contributed by atoms with van der Waals surface area (Å²) < 4.78 is 35.2. The van der Waals surface area contributed by atoms with E-state index in [-0.39, 0.29) is 33.0 Å². The van der Waals surface area contributed by atoms with Gasteiger partial charge in [0.25, 0.3) is 15.9 Å². The van der Waals surface area contributed by atoms with E-state index in [4.69, 9.17) is 27.9 Å². The van der Waals surface area contributed by atoms with Crippen molar-refractivity contribution in [3.8, 4) is 5.75 Å². The second-order valence-electron chi connectivity index (χ2n) is 10.4. The molecular formula is C34H32Cl2N4O4S. The number of hydrogen-bond acceptors (Lipinski definition) is 6. The molecule has 1 amide bonds. The van der Waals surface area contributed by atoms with Crippen molar-refractivity contribution >= 4 is 61.4 Å². The average molecular weight is 664 g/mol. The molecule has 0 spiro atoms. The van der Waals surface area contributed by atoms with E-state index in [1.807, 2.05) is 49.4 Å². The van der Waals surface area contributed by atoms with Gasteiger partial charge >= 0.3 is 0 Å². The normalized spacial score (nSPS) is 12.0. The van der Waals surface area contributed by atoms with Gasteiger partial charge in [-0.15, -0.1) is 0 Å². The topological polar surface area (TPSA) is 109 Å². The number of pyridine rings is 1. The number of aromatic nitrogens is 1. The number of amides is 1. The van der Waals surface area contributed by atoms with Gasteiger partial charge in [0, 0.05) is 23.7 Å². The number of fused-ring (bicyclic) bond motifs is 1. The Morgan fingerprint density at radius 2 is 1.69 bits per heavy atom. The molecule has 0 radical (unpaired) electrons. The van der Waals surface area contributed by atoms with E-state index in [2.05, 4.69) is 38.5 Å². The summed E-state index contributed by atoms with van der Waals surface area (Å²) in [7, 11) is -2.63. The average Bonchev–Trinajstić information content (AvgIpc) is 3.04. The van der Waals surface area contributed by atoms with Crippen LogP contribution in [0.3, 0.4) is 0 Å². The molecule has 5 rings (SSSR count). The number of halogens is 2. The predicted octanol–water partition coefficient (Wildman–Crippen LogP) is 7.89. The summed E-state index contributed by atoms with van der Waals surface area (Å²) in [4.78, 5) is 16.6. The molecule has 0 aliphatic carbocycles. The Morgan fingerprint density at radius 3 is 2.49 bits per heavy atom. The minimum Gasteiger partial charge on any atom is -0.493 e. The van der Waals surface area contributed by atoms with Crippen molar-refractivity contribution in [2.75, 3.05) is 23.7 Å². The number of sulfonamides is 1. The lowest BCUT2D eigenvalue weighted by Crippen LogP contribution is -2.21. The predicted molar refractivity (Wildman–Crippen MR) is 181 cm³/mol. The van der Waals surface area contributed by atoms with E-state index in [9.17, 15) is 13.2 Å². The molecule has 0 saturated carbocycles. The number of hydrogen-bond donors (Lipinski definition) is 3. The Balaban J connectivity index is 1.32. The maximum absolute atomic E-state index is 13.3. The van der Waals surface area contributed by atoms with Crippen LogP contribution in [0.15, 0.2) is 102 Å². The molecule has 3 N–H and O–H groups in total. The van der Waals surface area contributed by atoms with Gasteiger partial charge in [-0.05, 0) is 66.6 Å². The fourth-order valence-electron chi connectivity index (χ4n) is 4.93. The minimum atomic E-state index is -4.11. The van der Waals surface area contributed by atoms with Crippen LogP contribution in [0.2, 0.25) is 10.0 Å². The highest BCUT2D eigenvalue weighted by molar-refractivity contribution is 7.92. The Labute approximate surface area is 272 Å². The van der Waals surface area contributed by atoms with Gasteiger partial charge in [0.1, 0.15) is 10.6 Å². The van der Waals surface area contributed by atoms with E-state index in [1.54, 1.807) is 12.1 Å². The first-order chi connectivity index (χ1) is 21.7. The maximum atomic E-state index is 13.3. The molecule has 1 atom stereocenters. The molecule has 5 aromatic rings. The van der Waals surface area contributed by atoms with Crippen LogP contribution in [-0.4, -0.2) is 33.0 Å². The van der Waals surface area contributed by atoms with Crippen LogP contribution in [0, 0.1) is 0 Å². The number of ether oxygens (including phenoxy) is 1. The van der Waals surface area contributed by atoms with Gasteiger partial charge in [0.15, 0.2) is 5.82 Å². The Hall–Kier alpha value is -4.31. The quantitative estimate of drug-likeness (QED) is 0.117. The van der Waals surface area contributed by atoms with Crippen LogP contribution in [0.5, 0.6) is 5.75 Å². The zero-order valence-corrected chi connectivity index (χ0v) is 27.0. The fraction of sp³-hybridized carbons (Fsp3) is 0.176. The first-order valence-electron chi connectivity index (χ1n) is 14.3. The lowest BCUT2D eigenvalue weighted by atomic mass is 10.0. The van der Waals surface area contributed by atoms with Crippen LogP contribution in [0.4, 0.5) is 11.5 Å². The van der Waals surface area contributed by atoms with Crippen LogP contribution in [-0.2, 0) is 16.4 Å². The summed E-state index contributed by atoms with van der Waals surface area (Å²) in [5.41, 5.74) is 2.15. The number of anilines is 2. The van der Waals surface area contributed by atoms with Gasteiger partial charge in [-0.25, -0.2) is 13.4 Å². The number of rotatable bonds is 12. The van der Waals surface area contributed by atoms with Crippen molar-refractivity contribution in [3.05, 3.63) is 124 Å². The van der Waals surface area contributed by atoms with E-state index in [1.165, 1.54) is 31.4 Å². The van der Waals surface area contributed by atoms with Gasteiger partial charge in [-0.1, -0.05) is 83.9 Å². The zero-order chi connectivity index (χ0) is 32.0. The molecule has 45 heavy (non-hydrogen) atoms. The van der Waals surface area contributed by atoms with Crippen molar-refractivity contribution in [1.29, 1.82) is 0 Å². The summed E-state index contributed by atoms with van der Waals surface area (Å²) in [6.07, 6.45) is 2.93. The number of carbonyl (C=O) groups is 1. The lowest BCUT2D eigenvalue weighted by Gasteiger charge is -2.20. The third kappa shape index (κ3) is 7.68. The van der Waals surface area contributed by atoms with Gasteiger partial charge in [0.05, 0.1) is 28.9 Å². The molecular weight excluding hydrogens is 631 g/mol. The van der Waals surface area contributed by atoms with Crippen LogP contribution < -0.4 is 20.1 Å². The van der Waals surface area contributed by atoms with Crippen molar-refractivity contribution in [2.24, 2.45) is 0 Å². The molecule has 1 heterocycles.